The highest BCUT2D eigenvalue weighted by atomic mass is 32.1. The molecule has 0 radical (unpaired) electrons. The number of carbonyl (C=O) groups is 1. The van der Waals surface area contributed by atoms with E-state index in [1.165, 1.54) is 11.3 Å². The van der Waals surface area contributed by atoms with Crippen LogP contribution in [0.5, 0.6) is 11.5 Å². The summed E-state index contributed by atoms with van der Waals surface area (Å²) in [6.45, 7) is 3.05. The Labute approximate surface area is 160 Å². The van der Waals surface area contributed by atoms with E-state index in [0.29, 0.717) is 30.3 Å². The Balaban J connectivity index is 1.77. The van der Waals surface area contributed by atoms with Gasteiger partial charge in [-0.1, -0.05) is 12.1 Å². The quantitative estimate of drug-likeness (QED) is 0.596. The van der Waals surface area contributed by atoms with Crippen LogP contribution in [0.3, 0.4) is 0 Å². The first-order chi connectivity index (χ1) is 12.7. The fourth-order valence-corrected chi connectivity index (χ4v) is 4.18. The molecule has 5 nitrogen and oxygen atoms in total. The predicted octanol–water partition coefficient (Wildman–Crippen LogP) is 4.55. The highest BCUT2D eigenvalue weighted by Gasteiger charge is 2.19. The molecular weight excluding hydrogens is 368 g/mol. The fraction of sp³-hybridized carbons (Fsp3) is 0.263. The van der Waals surface area contributed by atoms with E-state index in [2.05, 4.69) is 4.98 Å². The normalized spacial score (nSPS) is 10.6. The van der Waals surface area contributed by atoms with Gasteiger partial charge in [-0.15, -0.1) is 22.7 Å². The van der Waals surface area contributed by atoms with Crippen molar-refractivity contribution in [2.24, 2.45) is 0 Å². The minimum Gasteiger partial charge on any atom is -0.493 e. The molecular formula is C19H20N2O3S2. The van der Waals surface area contributed by atoms with Crippen molar-refractivity contribution in [1.82, 2.24) is 9.88 Å². The minimum absolute atomic E-state index is 0.0682. The van der Waals surface area contributed by atoms with Gasteiger partial charge in [-0.25, -0.2) is 4.98 Å². The smallest absolute Gasteiger partial charge is 0.273 e. The molecule has 7 heteroatoms. The molecule has 0 spiro atoms. The average molecular weight is 389 g/mol. The molecule has 0 fully saturated rings. The summed E-state index contributed by atoms with van der Waals surface area (Å²) in [4.78, 5) is 20.2. The highest BCUT2D eigenvalue weighted by Crippen LogP contribution is 2.30. The lowest BCUT2D eigenvalue weighted by molar-refractivity contribution is 0.0747. The molecule has 2 heterocycles. The Bertz CT molecular complexity index is 875. The topological polar surface area (TPSA) is 51.7 Å². The predicted molar refractivity (Wildman–Crippen MR) is 105 cm³/mol. The van der Waals surface area contributed by atoms with Crippen molar-refractivity contribution in [3.05, 3.63) is 52.3 Å². The number of thiophene rings is 1. The Morgan fingerprint density at radius 3 is 2.62 bits per heavy atom. The Morgan fingerprint density at radius 1 is 1.15 bits per heavy atom. The molecule has 136 valence electrons. The summed E-state index contributed by atoms with van der Waals surface area (Å²) in [6, 6.07) is 9.68. The van der Waals surface area contributed by atoms with Crippen LogP contribution in [0, 0.1) is 0 Å². The van der Waals surface area contributed by atoms with E-state index in [4.69, 9.17) is 9.47 Å². The first-order valence-electron chi connectivity index (χ1n) is 8.15. The zero-order chi connectivity index (χ0) is 18.5. The SMILES string of the molecule is CCN(Cc1ccc(OC)c(OC)c1)C(=O)c1csc(-c2cccs2)n1. The number of hydrogen-bond acceptors (Lipinski definition) is 6. The second kappa shape index (κ2) is 8.33. The lowest BCUT2D eigenvalue weighted by atomic mass is 10.2. The first kappa shape index (κ1) is 18.4. The van der Waals surface area contributed by atoms with Gasteiger partial charge in [-0.05, 0) is 36.1 Å². The van der Waals surface area contributed by atoms with Crippen LogP contribution in [0.2, 0.25) is 0 Å². The van der Waals surface area contributed by atoms with E-state index in [1.54, 1.807) is 30.5 Å². The number of thiazole rings is 1. The van der Waals surface area contributed by atoms with Gasteiger partial charge in [0, 0.05) is 18.5 Å². The maximum absolute atomic E-state index is 12.9. The molecule has 2 aromatic heterocycles. The van der Waals surface area contributed by atoms with Crippen molar-refractivity contribution in [2.75, 3.05) is 20.8 Å². The molecule has 1 aromatic carbocycles. The molecule has 0 aliphatic heterocycles. The molecule has 3 rings (SSSR count). The van der Waals surface area contributed by atoms with Crippen molar-refractivity contribution in [3.8, 4) is 21.4 Å². The van der Waals surface area contributed by atoms with Crippen LogP contribution in [0.4, 0.5) is 0 Å². The van der Waals surface area contributed by atoms with Gasteiger partial charge in [-0.2, -0.15) is 0 Å². The first-order valence-corrected chi connectivity index (χ1v) is 9.91. The molecule has 26 heavy (non-hydrogen) atoms. The second-order valence-corrected chi connectivity index (χ2v) is 7.33. The average Bonchev–Trinajstić information content (AvgIpc) is 3.36. The maximum atomic E-state index is 12.9. The van der Waals surface area contributed by atoms with Crippen molar-refractivity contribution in [3.63, 3.8) is 0 Å². The van der Waals surface area contributed by atoms with Gasteiger partial charge in [-0.3, -0.25) is 4.79 Å². The van der Waals surface area contributed by atoms with Gasteiger partial charge in [0.25, 0.3) is 5.91 Å². The molecule has 0 saturated heterocycles. The standard InChI is InChI=1S/C19H20N2O3S2/c1-4-21(11-13-7-8-15(23-2)16(10-13)24-3)19(22)14-12-26-18(20-14)17-6-5-9-25-17/h5-10,12H,4,11H2,1-3H3. The molecule has 0 bridgehead atoms. The third-order valence-corrected chi connectivity index (χ3v) is 5.83. The number of benzene rings is 1. The Morgan fingerprint density at radius 2 is 1.96 bits per heavy atom. The minimum atomic E-state index is -0.0682. The van der Waals surface area contributed by atoms with Crippen LogP contribution in [-0.4, -0.2) is 36.6 Å². The van der Waals surface area contributed by atoms with Gasteiger partial charge in [0.05, 0.1) is 19.1 Å². The van der Waals surface area contributed by atoms with Crippen molar-refractivity contribution in [1.29, 1.82) is 0 Å². The second-order valence-electron chi connectivity index (χ2n) is 5.52. The van der Waals surface area contributed by atoms with E-state index in [1.807, 2.05) is 48.0 Å². The number of methoxy groups -OCH3 is 2. The molecule has 1 amide bonds. The zero-order valence-electron chi connectivity index (χ0n) is 14.9. The van der Waals surface area contributed by atoms with Gasteiger partial charge >= 0.3 is 0 Å². The molecule has 0 N–H and O–H groups in total. The third kappa shape index (κ3) is 3.89. The summed E-state index contributed by atoms with van der Waals surface area (Å²) in [5.41, 5.74) is 1.47. The van der Waals surface area contributed by atoms with Gasteiger partial charge < -0.3 is 14.4 Å². The summed E-state index contributed by atoms with van der Waals surface area (Å²) in [5, 5.41) is 4.72. The third-order valence-electron chi connectivity index (χ3n) is 3.95. The summed E-state index contributed by atoms with van der Waals surface area (Å²) in [7, 11) is 3.21. The molecule has 3 aromatic rings. The van der Waals surface area contributed by atoms with E-state index < -0.39 is 0 Å². The van der Waals surface area contributed by atoms with E-state index >= 15 is 0 Å². The van der Waals surface area contributed by atoms with Crippen LogP contribution in [0.25, 0.3) is 9.88 Å². The number of hydrogen-bond donors (Lipinski definition) is 0. The van der Waals surface area contributed by atoms with Gasteiger partial charge in [0.15, 0.2) is 11.5 Å². The Kier molecular flexibility index (Phi) is 5.90. The zero-order valence-corrected chi connectivity index (χ0v) is 16.5. The monoisotopic (exact) mass is 388 g/mol. The van der Waals surface area contributed by atoms with Gasteiger partial charge in [0.1, 0.15) is 10.7 Å². The van der Waals surface area contributed by atoms with E-state index in [0.717, 1.165) is 15.4 Å². The molecule has 0 unspecified atom stereocenters. The molecule has 0 atom stereocenters. The maximum Gasteiger partial charge on any atom is 0.273 e. The van der Waals surface area contributed by atoms with Crippen molar-refractivity contribution < 1.29 is 14.3 Å². The van der Waals surface area contributed by atoms with Crippen LogP contribution in [0.1, 0.15) is 23.0 Å². The number of ether oxygens (including phenoxy) is 2. The molecule has 0 aliphatic carbocycles. The van der Waals surface area contributed by atoms with Crippen molar-refractivity contribution in [2.45, 2.75) is 13.5 Å². The fourth-order valence-electron chi connectivity index (χ4n) is 2.57. The largest absolute Gasteiger partial charge is 0.493 e. The van der Waals surface area contributed by atoms with Gasteiger partial charge in [0.2, 0.25) is 0 Å². The highest BCUT2D eigenvalue weighted by molar-refractivity contribution is 7.20. The number of nitrogens with zero attached hydrogens (tertiary/aromatic N) is 2. The van der Waals surface area contributed by atoms with Crippen LogP contribution >= 0.6 is 22.7 Å². The van der Waals surface area contributed by atoms with Crippen LogP contribution in [-0.2, 0) is 6.54 Å². The number of amides is 1. The van der Waals surface area contributed by atoms with Crippen molar-refractivity contribution >= 4 is 28.6 Å². The Hall–Kier alpha value is -2.38. The number of rotatable bonds is 7. The molecule has 0 aliphatic rings. The lowest BCUT2D eigenvalue weighted by Crippen LogP contribution is -2.30. The summed E-state index contributed by atoms with van der Waals surface area (Å²) in [5.74, 6) is 1.26. The summed E-state index contributed by atoms with van der Waals surface area (Å²) >= 11 is 3.12. The summed E-state index contributed by atoms with van der Waals surface area (Å²) < 4.78 is 10.6. The van der Waals surface area contributed by atoms with Crippen LogP contribution in [0.15, 0.2) is 41.1 Å². The van der Waals surface area contributed by atoms with E-state index in [9.17, 15) is 4.79 Å². The summed E-state index contributed by atoms with van der Waals surface area (Å²) in [6.07, 6.45) is 0. The lowest BCUT2D eigenvalue weighted by Gasteiger charge is -2.20. The number of aromatic nitrogens is 1. The molecule has 0 saturated carbocycles. The van der Waals surface area contributed by atoms with Crippen LogP contribution < -0.4 is 9.47 Å². The number of carbonyl (C=O) groups excluding carboxylic acids is 1. The van der Waals surface area contributed by atoms with E-state index in [-0.39, 0.29) is 5.91 Å².